The van der Waals surface area contributed by atoms with Gasteiger partial charge in [0, 0.05) is 7.05 Å². The van der Waals surface area contributed by atoms with E-state index in [1.54, 1.807) is 0 Å². The van der Waals surface area contributed by atoms with E-state index in [0.717, 1.165) is 6.42 Å². The van der Waals surface area contributed by atoms with Crippen LogP contribution >= 0.6 is 0 Å². The lowest BCUT2D eigenvalue weighted by molar-refractivity contribution is -0.209. The Morgan fingerprint density at radius 2 is 1.92 bits per heavy atom. The van der Waals surface area contributed by atoms with Crippen LogP contribution in [0.15, 0.2) is 0 Å². The second kappa shape index (κ2) is 2.25. The first-order chi connectivity index (χ1) is 6.07. The normalized spacial score (nSPS) is 52.8. The molecule has 2 heterocycles. The number of likely N-dealkylation sites (N-methyl/N-ethyl adjacent to an activating group) is 1. The Balaban J connectivity index is 1.87. The largest absolute Gasteiger partial charge is 0.343 e. The van der Waals surface area contributed by atoms with Crippen LogP contribution in [-0.2, 0) is 14.3 Å². The van der Waals surface area contributed by atoms with Gasteiger partial charge in [0.15, 0.2) is 5.79 Å². The summed E-state index contributed by atoms with van der Waals surface area (Å²) in [5.74, 6) is -0.430. The lowest BCUT2D eigenvalue weighted by Gasteiger charge is -2.28. The molecule has 4 heteroatoms. The maximum atomic E-state index is 5.83. The van der Waals surface area contributed by atoms with Gasteiger partial charge in [-0.1, -0.05) is 0 Å². The van der Waals surface area contributed by atoms with Crippen LogP contribution in [0.1, 0.15) is 20.3 Å². The molecule has 0 radical (unpaired) electrons. The Hall–Kier alpha value is -0.160. The Kier molecular flexibility index (Phi) is 1.42. The minimum atomic E-state index is -0.430. The smallest absolute Gasteiger partial charge is 0.163 e. The number of hydrogen-bond acceptors (Lipinski definition) is 4. The summed E-state index contributed by atoms with van der Waals surface area (Å²) < 4.78 is 11.6. The van der Waals surface area contributed by atoms with Gasteiger partial charge in [-0.2, -0.15) is 5.06 Å². The molecule has 74 valence electrons. The van der Waals surface area contributed by atoms with Gasteiger partial charge in [-0.05, 0) is 20.3 Å². The Morgan fingerprint density at radius 3 is 2.69 bits per heavy atom. The first-order valence-electron chi connectivity index (χ1n) is 4.82. The van der Waals surface area contributed by atoms with E-state index in [2.05, 4.69) is 0 Å². The topological polar surface area (TPSA) is 30.9 Å². The average Bonchev–Trinajstić information content (AvgIpc) is 2.56. The van der Waals surface area contributed by atoms with Crippen molar-refractivity contribution in [2.24, 2.45) is 0 Å². The average molecular weight is 185 g/mol. The molecule has 0 aromatic heterocycles. The second-order valence-electron chi connectivity index (χ2n) is 4.56. The Morgan fingerprint density at radius 1 is 1.23 bits per heavy atom. The van der Waals surface area contributed by atoms with E-state index >= 15 is 0 Å². The van der Waals surface area contributed by atoms with Crippen LogP contribution in [0.25, 0.3) is 0 Å². The molecule has 0 aromatic carbocycles. The number of nitrogens with zero attached hydrogens (tertiary/aromatic N) is 1. The molecule has 2 aliphatic heterocycles. The zero-order valence-corrected chi connectivity index (χ0v) is 8.19. The first kappa shape index (κ1) is 8.17. The maximum Gasteiger partial charge on any atom is 0.163 e. The summed E-state index contributed by atoms with van der Waals surface area (Å²) in [7, 11) is 1.97. The van der Waals surface area contributed by atoms with Gasteiger partial charge in [0.1, 0.15) is 18.3 Å². The van der Waals surface area contributed by atoms with Crippen molar-refractivity contribution in [1.29, 1.82) is 0 Å². The SMILES string of the molecule is CN1OC2CC1C1OC(C)(C)OC21. The van der Waals surface area contributed by atoms with Crippen molar-refractivity contribution in [2.75, 3.05) is 7.05 Å². The standard InChI is InChI=1S/C9H15NO3/c1-9(2)11-7-5-4-6(8(7)12-9)13-10(5)3/h5-8H,4H2,1-3H3. The highest BCUT2D eigenvalue weighted by Gasteiger charge is 2.60. The van der Waals surface area contributed by atoms with Gasteiger partial charge in [0.25, 0.3) is 0 Å². The maximum absolute atomic E-state index is 5.83. The molecule has 0 spiro atoms. The summed E-state index contributed by atoms with van der Waals surface area (Å²) in [6, 6.07) is 0.386. The van der Waals surface area contributed by atoms with Crippen molar-refractivity contribution < 1.29 is 14.3 Å². The highest BCUT2D eigenvalue weighted by atomic mass is 16.8. The van der Waals surface area contributed by atoms with Crippen molar-refractivity contribution in [1.82, 2.24) is 5.06 Å². The van der Waals surface area contributed by atoms with E-state index < -0.39 is 5.79 Å². The van der Waals surface area contributed by atoms with Crippen LogP contribution in [0.4, 0.5) is 0 Å². The Labute approximate surface area is 77.7 Å². The van der Waals surface area contributed by atoms with Crippen LogP contribution in [0, 0.1) is 0 Å². The molecule has 0 N–H and O–H groups in total. The van der Waals surface area contributed by atoms with Gasteiger partial charge < -0.3 is 9.47 Å². The quantitative estimate of drug-likeness (QED) is 0.550. The third-order valence-corrected chi connectivity index (χ3v) is 3.15. The van der Waals surface area contributed by atoms with Gasteiger partial charge in [0.05, 0.1) is 6.04 Å². The van der Waals surface area contributed by atoms with Gasteiger partial charge in [-0.3, -0.25) is 4.84 Å². The molecule has 4 unspecified atom stereocenters. The van der Waals surface area contributed by atoms with Gasteiger partial charge in [-0.15, -0.1) is 0 Å². The van der Waals surface area contributed by atoms with Gasteiger partial charge in [-0.25, -0.2) is 0 Å². The number of ether oxygens (including phenoxy) is 2. The third kappa shape index (κ3) is 1.00. The zero-order chi connectivity index (χ0) is 9.22. The van der Waals surface area contributed by atoms with Crippen LogP contribution in [0.5, 0.6) is 0 Å². The van der Waals surface area contributed by atoms with E-state index in [-0.39, 0.29) is 18.3 Å². The van der Waals surface area contributed by atoms with Crippen LogP contribution in [0.2, 0.25) is 0 Å². The molecule has 4 atom stereocenters. The molecule has 2 bridgehead atoms. The van der Waals surface area contributed by atoms with E-state index in [9.17, 15) is 0 Å². The Bertz CT molecular complexity index is 243. The van der Waals surface area contributed by atoms with Crippen LogP contribution < -0.4 is 0 Å². The second-order valence-corrected chi connectivity index (χ2v) is 4.56. The predicted octanol–water partition coefficient (Wildman–Crippen LogP) is 0.524. The highest BCUT2D eigenvalue weighted by molar-refractivity contribution is 5.05. The molecule has 3 aliphatic rings. The van der Waals surface area contributed by atoms with Gasteiger partial charge in [0.2, 0.25) is 0 Å². The summed E-state index contributed by atoms with van der Waals surface area (Å²) >= 11 is 0. The van der Waals surface area contributed by atoms with Crippen molar-refractivity contribution in [3.8, 4) is 0 Å². The first-order valence-corrected chi connectivity index (χ1v) is 4.82. The molecule has 0 amide bonds. The van der Waals surface area contributed by atoms with Crippen LogP contribution in [-0.4, -0.2) is 42.3 Å². The monoisotopic (exact) mass is 185 g/mol. The third-order valence-electron chi connectivity index (χ3n) is 3.15. The lowest BCUT2D eigenvalue weighted by Crippen LogP contribution is -2.45. The lowest BCUT2D eigenvalue weighted by atomic mass is 10.2. The molecule has 4 nitrogen and oxygen atoms in total. The van der Waals surface area contributed by atoms with Crippen molar-refractivity contribution in [3.63, 3.8) is 0 Å². The summed E-state index contributed by atoms with van der Waals surface area (Å²) in [6.07, 6.45) is 1.61. The molecule has 3 fully saturated rings. The summed E-state index contributed by atoms with van der Waals surface area (Å²) in [5.41, 5.74) is 0. The fourth-order valence-corrected chi connectivity index (χ4v) is 2.66. The zero-order valence-electron chi connectivity index (χ0n) is 8.19. The van der Waals surface area contributed by atoms with Crippen molar-refractivity contribution in [3.05, 3.63) is 0 Å². The molecule has 2 saturated heterocycles. The molecule has 13 heavy (non-hydrogen) atoms. The number of hydrogen-bond donors (Lipinski definition) is 0. The molecule has 3 rings (SSSR count). The van der Waals surface area contributed by atoms with E-state index in [4.69, 9.17) is 14.3 Å². The molecule has 0 aromatic rings. The summed E-state index contributed by atoms with van der Waals surface area (Å²) in [5, 5.41) is 1.91. The molecule has 1 aliphatic carbocycles. The van der Waals surface area contributed by atoms with E-state index in [1.807, 2.05) is 26.0 Å². The predicted molar refractivity (Wildman–Crippen MR) is 44.9 cm³/mol. The fraction of sp³-hybridized carbons (Fsp3) is 1.00. The van der Waals surface area contributed by atoms with Crippen molar-refractivity contribution in [2.45, 2.75) is 50.4 Å². The number of hydroxylamine groups is 2. The fourth-order valence-electron chi connectivity index (χ4n) is 2.66. The molecular weight excluding hydrogens is 170 g/mol. The minimum absolute atomic E-state index is 0.149. The summed E-state index contributed by atoms with van der Waals surface area (Å²) in [6.45, 7) is 3.93. The summed E-state index contributed by atoms with van der Waals surface area (Å²) in [4.78, 5) is 5.60. The van der Waals surface area contributed by atoms with Crippen LogP contribution in [0.3, 0.4) is 0 Å². The highest BCUT2D eigenvalue weighted by Crippen LogP contribution is 2.45. The number of fused-ring (bicyclic) bond motifs is 5. The molecular formula is C9H15NO3. The van der Waals surface area contributed by atoms with E-state index in [0.29, 0.717) is 6.04 Å². The van der Waals surface area contributed by atoms with Crippen molar-refractivity contribution >= 4 is 0 Å². The van der Waals surface area contributed by atoms with Gasteiger partial charge >= 0.3 is 0 Å². The minimum Gasteiger partial charge on any atom is -0.343 e. The molecule has 1 saturated carbocycles. The number of rotatable bonds is 0. The van der Waals surface area contributed by atoms with E-state index in [1.165, 1.54) is 0 Å².